The minimum atomic E-state index is -0.124. The molecule has 6 rings (SSSR count). The van der Waals surface area contributed by atoms with Crippen molar-refractivity contribution in [2.24, 2.45) is 7.05 Å². The summed E-state index contributed by atoms with van der Waals surface area (Å²) in [5, 5.41) is 12.7. The number of piperazine rings is 1. The Morgan fingerprint density at radius 3 is 2.63 bits per heavy atom. The van der Waals surface area contributed by atoms with E-state index in [1.54, 1.807) is 34.2 Å². The minimum Gasteiger partial charge on any atom is -0.489 e. The third-order valence-corrected chi connectivity index (χ3v) is 6.91. The van der Waals surface area contributed by atoms with Crippen molar-refractivity contribution in [2.75, 3.05) is 71.0 Å². The molecule has 0 aromatic carbocycles. The van der Waals surface area contributed by atoms with Gasteiger partial charge in [-0.15, -0.1) is 5.10 Å². The molecule has 0 aliphatic carbocycles. The molecule has 1 atom stereocenters. The molecule has 2 saturated heterocycles. The molecule has 0 unspecified atom stereocenters. The third-order valence-electron chi connectivity index (χ3n) is 6.91. The lowest BCUT2D eigenvalue weighted by atomic mass is 10.2. The number of aryl methyl sites for hydroxylation is 1. The zero-order valence-electron chi connectivity index (χ0n) is 21.7. The number of aromatic nitrogens is 9. The van der Waals surface area contributed by atoms with Gasteiger partial charge >= 0.3 is 0 Å². The number of ether oxygens (including phenoxy) is 2. The lowest BCUT2D eigenvalue weighted by molar-refractivity contribution is 0.0272. The summed E-state index contributed by atoms with van der Waals surface area (Å²) < 4.78 is 15.4. The second kappa shape index (κ2) is 10.9. The first-order valence-corrected chi connectivity index (χ1v) is 12.9. The highest BCUT2D eigenvalue weighted by Gasteiger charge is 2.24. The van der Waals surface area contributed by atoms with Gasteiger partial charge in [0.25, 0.3) is 0 Å². The number of fused-ring (bicyclic) bond motifs is 1. The predicted octanol–water partition coefficient (Wildman–Crippen LogP) is -0.0566. The lowest BCUT2D eigenvalue weighted by Crippen LogP contribution is -2.45. The molecule has 14 nitrogen and oxygen atoms in total. The Hall–Kier alpha value is -3.75. The molecular formula is C24H32N12O2. The van der Waals surface area contributed by atoms with Crippen molar-refractivity contribution in [2.45, 2.75) is 12.6 Å². The monoisotopic (exact) mass is 520 g/mol. The molecular weight excluding hydrogens is 488 g/mol. The molecule has 0 saturated carbocycles. The molecule has 2 aliphatic heterocycles. The Balaban J connectivity index is 1.05. The van der Waals surface area contributed by atoms with Crippen LogP contribution in [0.15, 0.2) is 31.0 Å². The highest BCUT2D eigenvalue weighted by atomic mass is 16.5. The highest BCUT2D eigenvalue weighted by Crippen LogP contribution is 2.19. The van der Waals surface area contributed by atoms with Crippen LogP contribution in [0.3, 0.4) is 0 Å². The summed E-state index contributed by atoms with van der Waals surface area (Å²) in [5.41, 5.74) is 2.72. The van der Waals surface area contributed by atoms with Crippen LogP contribution in [-0.4, -0.2) is 127 Å². The first-order chi connectivity index (χ1) is 18.6. The number of anilines is 1. The largest absolute Gasteiger partial charge is 0.489 e. The van der Waals surface area contributed by atoms with Crippen molar-refractivity contribution in [1.29, 1.82) is 0 Å². The van der Waals surface area contributed by atoms with Gasteiger partial charge in [0.15, 0.2) is 11.4 Å². The number of hydrogen-bond donors (Lipinski definition) is 0. The van der Waals surface area contributed by atoms with E-state index in [9.17, 15) is 0 Å². The second-order valence-corrected chi connectivity index (χ2v) is 9.73. The average Bonchev–Trinajstić information content (AvgIpc) is 3.56. The summed E-state index contributed by atoms with van der Waals surface area (Å²) >= 11 is 0. The SMILES string of the molecule is CN1CCN(CCOc2cnc(N3CCO[C@H](Cn4nnc5ncc(-c6cnn(C)c6)nc54)C3)nc2)CC1. The van der Waals surface area contributed by atoms with E-state index in [0.717, 1.165) is 44.0 Å². The predicted molar refractivity (Wildman–Crippen MR) is 139 cm³/mol. The van der Waals surface area contributed by atoms with Crippen LogP contribution in [0.1, 0.15) is 0 Å². The molecule has 6 heterocycles. The van der Waals surface area contributed by atoms with Gasteiger partial charge in [0.2, 0.25) is 11.6 Å². The Morgan fingerprint density at radius 2 is 1.84 bits per heavy atom. The molecule has 2 fully saturated rings. The number of rotatable bonds is 8. The summed E-state index contributed by atoms with van der Waals surface area (Å²) in [6.45, 7) is 8.30. The zero-order valence-corrected chi connectivity index (χ0v) is 21.7. The van der Waals surface area contributed by atoms with Crippen LogP contribution in [0, 0.1) is 0 Å². The Kier molecular flexibility index (Phi) is 7.07. The molecule has 2 aliphatic rings. The Labute approximate surface area is 220 Å². The van der Waals surface area contributed by atoms with Crippen LogP contribution >= 0.6 is 0 Å². The first-order valence-electron chi connectivity index (χ1n) is 12.9. The molecule has 200 valence electrons. The van der Waals surface area contributed by atoms with Crippen LogP contribution in [0.5, 0.6) is 5.75 Å². The van der Waals surface area contributed by atoms with Gasteiger partial charge in [0.05, 0.1) is 49.7 Å². The van der Waals surface area contributed by atoms with Crippen molar-refractivity contribution in [1.82, 2.24) is 54.5 Å². The summed E-state index contributed by atoms with van der Waals surface area (Å²) in [5.74, 6) is 1.34. The molecule has 14 heteroatoms. The topological polar surface area (TPSA) is 128 Å². The van der Waals surface area contributed by atoms with E-state index < -0.39 is 0 Å². The van der Waals surface area contributed by atoms with Crippen molar-refractivity contribution in [3.05, 3.63) is 31.0 Å². The zero-order chi connectivity index (χ0) is 25.9. The normalized spacial score (nSPS) is 19.3. The van der Waals surface area contributed by atoms with Gasteiger partial charge in [0.1, 0.15) is 6.61 Å². The molecule has 38 heavy (non-hydrogen) atoms. The van der Waals surface area contributed by atoms with Crippen molar-refractivity contribution in [3.63, 3.8) is 0 Å². The molecule has 0 amide bonds. The fourth-order valence-electron chi connectivity index (χ4n) is 4.69. The highest BCUT2D eigenvalue weighted by molar-refractivity contribution is 5.69. The molecule has 4 aromatic heterocycles. The average molecular weight is 521 g/mol. The maximum atomic E-state index is 6.03. The van der Waals surface area contributed by atoms with E-state index in [-0.39, 0.29) is 6.10 Å². The maximum Gasteiger partial charge on any atom is 0.225 e. The van der Waals surface area contributed by atoms with Gasteiger partial charge in [-0.05, 0) is 7.05 Å². The first kappa shape index (κ1) is 24.6. The number of hydrogen-bond acceptors (Lipinski definition) is 12. The van der Waals surface area contributed by atoms with Crippen molar-refractivity contribution in [3.8, 4) is 17.0 Å². The van der Waals surface area contributed by atoms with Gasteiger partial charge in [0, 0.05) is 64.6 Å². The van der Waals surface area contributed by atoms with Gasteiger partial charge in [-0.1, -0.05) is 5.21 Å². The van der Waals surface area contributed by atoms with Gasteiger partial charge in [-0.3, -0.25) is 9.58 Å². The van der Waals surface area contributed by atoms with E-state index in [0.29, 0.717) is 55.8 Å². The molecule has 0 radical (unpaired) electrons. The molecule has 0 bridgehead atoms. The molecule has 0 N–H and O–H groups in total. The number of likely N-dealkylation sites (N-methyl/N-ethyl adjacent to an activating group) is 1. The lowest BCUT2D eigenvalue weighted by Gasteiger charge is -2.33. The van der Waals surface area contributed by atoms with Crippen molar-refractivity contribution >= 4 is 17.2 Å². The van der Waals surface area contributed by atoms with Crippen LogP contribution < -0.4 is 9.64 Å². The summed E-state index contributed by atoms with van der Waals surface area (Å²) in [6, 6.07) is 0. The van der Waals surface area contributed by atoms with E-state index in [2.05, 4.69) is 52.1 Å². The van der Waals surface area contributed by atoms with Crippen LogP contribution in [0.4, 0.5) is 5.95 Å². The third kappa shape index (κ3) is 5.56. The summed E-state index contributed by atoms with van der Waals surface area (Å²) in [4.78, 5) is 25.2. The molecule has 4 aromatic rings. The van der Waals surface area contributed by atoms with E-state index in [4.69, 9.17) is 14.5 Å². The van der Waals surface area contributed by atoms with E-state index >= 15 is 0 Å². The van der Waals surface area contributed by atoms with Crippen LogP contribution in [-0.2, 0) is 18.3 Å². The quantitative estimate of drug-likeness (QED) is 0.309. The summed E-state index contributed by atoms with van der Waals surface area (Å²) in [7, 11) is 4.03. The fourth-order valence-corrected chi connectivity index (χ4v) is 4.69. The number of morpholine rings is 1. The Bertz CT molecular complexity index is 1350. The van der Waals surface area contributed by atoms with E-state index in [1.807, 2.05) is 13.2 Å². The Morgan fingerprint density at radius 1 is 1.00 bits per heavy atom. The maximum absolute atomic E-state index is 6.03. The standard InChI is InChI=1S/C24H32N12O2/c1-32-3-5-34(6-4-32)7-9-37-19-12-26-24(27-13-19)35-8-10-38-20(16-35)17-36-23-22(30-31-36)25-14-21(29-23)18-11-28-33(2)15-18/h11-15,20H,3-10,16-17H2,1-2H3/t20-/m0/s1. The van der Waals surface area contributed by atoms with Crippen molar-refractivity contribution < 1.29 is 9.47 Å². The smallest absolute Gasteiger partial charge is 0.225 e. The number of nitrogens with zero attached hydrogens (tertiary/aromatic N) is 12. The van der Waals surface area contributed by atoms with Gasteiger partial charge < -0.3 is 19.3 Å². The van der Waals surface area contributed by atoms with E-state index in [1.165, 1.54) is 0 Å². The van der Waals surface area contributed by atoms with Crippen LogP contribution in [0.2, 0.25) is 0 Å². The van der Waals surface area contributed by atoms with Gasteiger partial charge in [-0.25, -0.2) is 24.6 Å². The van der Waals surface area contributed by atoms with Crippen LogP contribution in [0.25, 0.3) is 22.6 Å². The second-order valence-electron chi connectivity index (χ2n) is 9.73. The minimum absolute atomic E-state index is 0.124. The fraction of sp³-hybridized carbons (Fsp3) is 0.542. The summed E-state index contributed by atoms with van der Waals surface area (Å²) in [6.07, 6.45) is 8.72. The van der Waals surface area contributed by atoms with Gasteiger partial charge in [-0.2, -0.15) is 5.10 Å². The molecule has 0 spiro atoms.